The Hall–Kier alpha value is -0.790. The van der Waals surface area contributed by atoms with Gasteiger partial charge in [-0.05, 0) is 32.1 Å². The van der Waals surface area contributed by atoms with Gasteiger partial charge in [-0.3, -0.25) is 4.79 Å². The van der Waals surface area contributed by atoms with Gasteiger partial charge in [0.05, 0.1) is 0 Å². The lowest BCUT2D eigenvalue weighted by Crippen LogP contribution is -2.24. The van der Waals surface area contributed by atoms with Crippen LogP contribution in [0.15, 0.2) is 12.2 Å². The minimum absolute atomic E-state index is 0.218. The molecule has 1 N–H and O–H groups in total. The summed E-state index contributed by atoms with van der Waals surface area (Å²) in [5.41, 5.74) is 0. The fourth-order valence-corrected chi connectivity index (χ4v) is 1.49. The summed E-state index contributed by atoms with van der Waals surface area (Å²) in [4.78, 5) is 11.3. The van der Waals surface area contributed by atoms with Crippen molar-refractivity contribution in [2.24, 2.45) is 0 Å². The van der Waals surface area contributed by atoms with Crippen LogP contribution in [-0.4, -0.2) is 11.9 Å². The molecule has 0 aromatic carbocycles. The van der Waals surface area contributed by atoms with E-state index in [2.05, 4.69) is 24.4 Å². The first-order chi connectivity index (χ1) is 7.33. The summed E-state index contributed by atoms with van der Waals surface area (Å²) in [6, 6.07) is 0.506. The van der Waals surface area contributed by atoms with Gasteiger partial charge in [0.1, 0.15) is 0 Å². The second kappa shape index (κ2) is 7.49. The molecule has 0 atom stereocenters. The zero-order valence-electron chi connectivity index (χ0n) is 9.80. The predicted octanol–water partition coefficient (Wildman–Crippen LogP) is 3.18. The van der Waals surface area contributed by atoms with Crippen molar-refractivity contribution in [2.75, 3.05) is 0 Å². The molecule has 2 nitrogen and oxygen atoms in total. The molecule has 1 amide bonds. The van der Waals surface area contributed by atoms with E-state index in [0.29, 0.717) is 12.5 Å². The fourth-order valence-electron chi connectivity index (χ4n) is 1.49. The number of allylic oxidation sites excluding steroid dienone is 2. The molecule has 1 rings (SSSR count). The van der Waals surface area contributed by atoms with Gasteiger partial charge in [0.25, 0.3) is 0 Å². The summed E-state index contributed by atoms with van der Waals surface area (Å²) in [6.07, 6.45) is 13.3. The number of hydrogen-bond donors (Lipinski definition) is 1. The van der Waals surface area contributed by atoms with Crippen LogP contribution in [-0.2, 0) is 4.79 Å². The Labute approximate surface area is 93.1 Å². The van der Waals surface area contributed by atoms with Gasteiger partial charge in [-0.2, -0.15) is 0 Å². The topological polar surface area (TPSA) is 29.1 Å². The number of unbranched alkanes of at least 4 members (excludes halogenated alkanes) is 3. The maximum Gasteiger partial charge on any atom is 0.220 e. The zero-order valence-corrected chi connectivity index (χ0v) is 9.80. The molecular weight excluding hydrogens is 186 g/mol. The van der Waals surface area contributed by atoms with Crippen LogP contribution >= 0.6 is 0 Å². The van der Waals surface area contributed by atoms with Crippen LogP contribution in [0.1, 0.15) is 58.3 Å². The predicted molar refractivity (Wildman–Crippen MR) is 63.7 cm³/mol. The third kappa shape index (κ3) is 7.18. The third-order valence-electron chi connectivity index (χ3n) is 2.62. The molecule has 1 saturated carbocycles. The molecule has 86 valence electrons. The number of rotatable bonds is 8. The van der Waals surface area contributed by atoms with Crippen molar-refractivity contribution in [3.63, 3.8) is 0 Å². The molecule has 0 aromatic rings. The molecule has 0 heterocycles. The van der Waals surface area contributed by atoms with E-state index in [4.69, 9.17) is 0 Å². The molecule has 1 fully saturated rings. The van der Waals surface area contributed by atoms with Gasteiger partial charge in [0.15, 0.2) is 0 Å². The number of carbonyl (C=O) groups is 1. The van der Waals surface area contributed by atoms with Crippen molar-refractivity contribution >= 4 is 5.91 Å². The Morgan fingerprint density at radius 2 is 2.00 bits per heavy atom. The number of carbonyl (C=O) groups excluding carboxylic acids is 1. The maximum absolute atomic E-state index is 11.3. The Morgan fingerprint density at radius 1 is 1.27 bits per heavy atom. The van der Waals surface area contributed by atoms with Crippen LogP contribution in [0, 0.1) is 0 Å². The second-order valence-corrected chi connectivity index (χ2v) is 4.35. The molecule has 0 aliphatic heterocycles. The normalized spacial score (nSPS) is 15.8. The van der Waals surface area contributed by atoms with Crippen LogP contribution in [0.2, 0.25) is 0 Å². The fraction of sp³-hybridized carbons (Fsp3) is 0.769. The van der Waals surface area contributed by atoms with Crippen LogP contribution in [0.4, 0.5) is 0 Å². The molecule has 2 heteroatoms. The van der Waals surface area contributed by atoms with Gasteiger partial charge in [0.2, 0.25) is 5.91 Å². The molecular formula is C13H23NO. The van der Waals surface area contributed by atoms with Crippen LogP contribution < -0.4 is 5.32 Å². The quantitative estimate of drug-likeness (QED) is 0.483. The molecule has 1 aliphatic carbocycles. The van der Waals surface area contributed by atoms with E-state index in [1.54, 1.807) is 0 Å². The molecule has 0 saturated heterocycles. The van der Waals surface area contributed by atoms with Crippen LogP contribution in [0.5, 0.6) is 0 Å². The zero-order chi connectivity index (χ0) is 10.9. The van der Waals surface area contributed by atoms with Crippen molar-refractivity contribution < 1.29 is 4.79 Å². The van der Waals surface area contributed by atoms with Gasteiger partial charge >= 0.3 is 0 Å². The Kier molecular flexibility index (Phi) is 6.14. The van der Waals surface area contributed by atoms with Gasteiger partial charge in [-0.15, -0.1) is 0 Å². The molecule has 0 radical (unpaired) electrons. The lowest BCUT2D eigenvalue weighted by Gasteiger charge is -1.99. The average Bonchev–Trinajstić information content (AvgIpc) is 3.00. The lowest BCUT2D eigenvalue weighted by atomic mass is 10.2. The van der Waals surface area contributed by atoms with Crippen molar-refractivity contribution in [1.82, 2.24) is 5.32 Å². The van der Waals surface area contributed by atoms with Gasteiger partial charge in [-0.25, -0.2) is 0 Å². The Morgan fingerprint density at radius 3 is 2.67 bits per heavy atom. The van der Waals surface area contributed by atoms with E-state index < -0.39 is 0 Å². The molecule has 15 heavy (non-hydrogen) atoms. The smallest absolute Gasteiger partial charge is 0.220 e. The van der Waals surface area contributed by atoms with E-state index in [9.17, 15) is 4.79 Å². The molecule has 0 aromatic heterocycles. The minimum atomic E-state index is 0.218. The number of nitrogens with one attached hydrogen (secondary N) is 1. The third-order valence-corrected chi connectivity index (χ3v) is 2.62. The van der Waals surface area contributed by atoms with Crippen molar-refractivity contribution in [3.8, 4) is 0 Å². The lowest BCUT2D eigenvalue weighted by molar-refractivity contribution is -0.121. The van der Waals surface area contributed by atoms with Gasteiger partial charge in [0, 0.05) is 12.5 Å². The van der Waals surface area contributed by atoms with Crippen LogP contribution in [0.25, 0.3) is 0 Å². The summed E-state index contributed by atoms with van der Waals surface area (Å²) in [5.74, 6) is 0.218. The average molecular weight is 209 g/mol. The highest BCUT2D eigenvalue weighted by molar-refractivity contribution is 5.76. The van der Waals surface area contributed by atoms with E-state index in [-0.39, 0.29) is 5.91 Å². The summed E-state index contributed by atoms with van der Waals surface area (Å²) in [7, 11) is 0. The molecule has 0 bridgehead atoms. The SMILES string of the molecule is CCCCC/C=C\CCC(=O)NC1CC1. The number of hydrogen-bond acceptors (Lipinski definition) is 1. The molecule has 0 spiro atoms. The molecule has 1 aliphatic rings. The highest BCUT2D eigenvalue weighted by atomic mass is 16.1. The van der Waals surface area contributed by atoms with Crippen molar-refractivity contribution in [1.29, 1.82) is 0 Å². The first-order valence-corrected chi connectivity index (χ1v) is 6.27. The van der Waals surface area contributed by atoms with E-state index in [1.807, 2.05) is 0 Å². The second-order valence-electron chi connectivity index (χ2n) is 4.35. The summed E-state index contributed by atoms with van der Waals surface area (Å²) < 4.78 is 0. The van der Waals surface area contributed by atoms with Gasteiger partial charge in [-0.1, -0.05) is 31.9 Å². The van der Waals surface area contributed by atoms with E-state index >= 15 is 0 Å². The summed E-state index contributed by atoms with van der Waals surface area (Å²) in [6.45, 7) is 2.21. The maximum atomic E-state index is 11.3. The Balaban J connectivity index is 1.87. The summed E-state index contributed by atoms with van der Waals surface area (Å²) in [5, 5.41) is 2.99. The van der Waals surface area contributed by atoms with E-state index in [0.717, 1.165) is 12.8 Å². The number of amides is 1. The Bertz CT molecular complexity index is 207. The standard InChI is InChI=1S/C13H23NO/c1-2-3-4-5-6-7-8-9-13(15)14-12-10-11-12/h6-7,12H,2-5,8-11H2,1H3,(H,14,15)/b7-6-. The first kappa shape index (κ1) is 12.3. The minimum Gasteiger partial charge on any atom is -0.353 e. The van der Waals surface area contributed by atoms with Gasteiger partial charge < -0.3 is 5.32 Å². The highest BCUT2D eigenvalue weighted by Gasteiger charge is 2.22. The first-order valence-electron chi connectivity index (χ1n) is 6.27. The summed E-state index contributed by atoms with van der Waals surface area (Å²) >= 11 is 0. The molecule has 0 unspecified atom stereocenters. The largest absolute Gasteiger partial charge is 0.353 e. The van der Waals surface area contributed by atoms with Crippen molar-refractivity contribution in [3.05, 3.63) is 12.2 Å². The monoisotopic (exact) mass is 209 g/mol. The van der Waals surface area contributed by atoms with E-state index in [1.165, 1.54) is 32.1 Å². The highest BCUT2D eigenvalue weighted by Crippen LogP contribution is 2.18. The van der Waals surface area contributed by atoms with Crippen molar-refractivity contribution in [2.45, 2.75) is 64.3 Å². The van der Waals surface area contributed by atoms with Crippen LogP contribution in [0.3, 0.4) is 0 Å².